The molecular weight excluding hydrogens is 276 g/mol. The molecule has 0 spiro atoms. The van der Waals surface area contributed by atoms with Crippen LogP contribution in [0.5, 0.6) is 0 Å². The minimum absolute atomic E-state index is 0.278. The Balaban J connectivity index is 2.01. The highest BCUT2D eigenvalue weighted by Gasteiger charge is 2.12. The van der Waals surface area contributed by atoms with Gasteiger partial charge in [0.2, 0.25) is 0 Å². The molecule has 0 radical (unpaired) electrons. The van der Waals surface area contributed by atoms with Gasteiger partial charge in [-0.3, -0.25) is 10.1 Å². The first-order valence-corrected chi connectivity index (χ1v) is 6.34. The largest absolute Gasteiger partial charge is 0.462 e. The summed E-state index contributed by atoms with van der Waals surface area (Å²) in [5.41, 5.74) is 1.13. The van der Waals surface area contributed by atoms with Crippen LogP contribution in [0.4, 0.5) is 11.6 Å². The van der Waals surface area contributed by atoms with E-state index in [0.29, 0.717) is 23.6 Å². The Morgan fingerprint density at radius 3 is 2.86 bits per heavy atom. The Bertz CT molecular complexity index is 650. The predicted molar refractivity (Wildman–Crippen MR) is 75.1 cm³/mol. The number of benzene rings is 1. The average molecular weight is 290 g/mol. The van der Waals surface area contributed by atoms with Crippen molar-refractivity contribution in [3.8, 4) is 0 Å². The molecule has 1 aromatic heterocycles. The van der Waals surface area contributed by atoms with Crippen molar-refractivity contribution in [3.05, 3.63) is 57.8 Å². The summed E-state index contributed by atoms with van der Waals surface area (Å²) in [6.07, 6.45) is 0. The van der Waals surface area contributed by atoms with Crippen LogP contribution >= 0.6 is 0 Å². The maximum absolute atomic E-state index is 11.6. The molecule has 7 nitrogen and oxygen atoms in total. The van der Waals surface area contributed by atoms with Crippen LogP contribution in [0.15, 0.2) is 40.8 Å². The summed E-state index contributed by atoms with van der Waals surface area (Å²) < 4.78 is 9.95. The van der Waals surface area contributed by atoms with Gasteiger partial charge in [0.1, 0.15) is 10.7 Å². The molecule has 2 aromatic rings. The Kier molecular flexibility index (Phi) is 4.55. The molecule has 0 aliphatic heterocycles. The smallest absolute Gasteiger partial charge is 0.433 e. The number of ether oxygens (including phenoxy) is 1. The Morgan fingerprint density at radius 1 is 1.38 bits per heavy atom. The number of nitrogens with one attached hydrogen (secondary N) is 1. The molecule has 0 aliphatic carbocycles. The van der Waals surface area contributed by atoms with Gasteiger partial charge in [-0.15, -0.1) is 0 Å². The molecule has 21 heavy (non-hydrogen) atoms. The molecule has 2 rings (SSSR count). The molecular formula is C14H14N2O5. The molecule has 0 amide bonds. The molecule has 0 atom stereocenters. The molecule has 7 heteroatoms. The number of carbonyl (C=O) groups excluding carboxylic acids is 1. The molecule has 0 saturated carbocycles. The second-order valence-corrected chi connectivity index (χ2v) is 4.15. The first kappa shape index (κ1) is 14.6. The number of hydrogen-bond donors (Lipinski definition) is 1. The molecule has 0 bridgehead atoms. The van der Waals surface area contributed by atoms with Crippen LogP contribution in [0.3, 0.4) is 0 Å². The third kappa shape index (κ3) is 3.82. The van der Waals surface area contributed by atoms with E-state index >= 15 is 0 Å². The fraction of sp³-hybridized carbons (Fsp3) is 0.214. The number of hydrogen-bond acceptors (Lipinski definition) is 6. The molecule has 1 heterocycles. The van der Waals surface area contributed by atoms with Gasteiger partial charge < -0.3 is 14.5 Å². The first-order chi connectivity index (χ1) is 10.1. The van der Waals surface area contributed by atoms with Crippen LogP contribution in [-0.4, -0.2) is 17.5 Å². The maximum Gasteiger partial charge on any atom is 0.433 e. The van der Waals surface area contributed by atoms with Gasteiger partial charge in [-0.05, 0) is 31.2 Å². The van der Waals surface area contributed by atoms with Crippen molar-refractivity contribution in [1.29, 1.82) is 0 Å². The highest BCUT2D eigenvalue weighted by atomic mass is 16.6. The monoisotopic (exact) mass is 290 g/mol. The van der Waals surface area contributed by atoms with E-state index in [9.17, 15) is 14.9 Å². The fourth-order valence-electron chi connectivity index (χ4n) is 1.72. The van der Waals surface area contributed by atoms with Crippen molar-refractivity contribution in [2.75, 3.05) is 11.9 Å². The van der Waals surface area contributed by atoms with E-state index in [-0.39, 0.29) is 12.4 Å². The third-order valence-corrected chi connectivity index (χ3v) is 2.67. The zero-order valence-electron chi connectivity index (χ0n) is 11.4. The van der Waals surface area contributed by atoms with Crippen molar-refractivity contribution in [2.45, 2.75) is 13.5 Å². The molecule has 1 aromatic carbocycles. The van der Waals surface area contributed by atoms with Crippen molar-refractivity contribution in [3.63, 3.8) is 0 Å². The zero-order valence-corrected chi connectivity index (χ0v) is 11.4. The van der Waals surface area contributed by atoms with Crippen LogP contribution in [0.2, 0.25) is 0 Å². The first-order valence-electron chi connectivity index (χ1n) is 6.34. The average Bonchev–Trinajstić information content (AvgIpc) is 2.95. The minimum Gasteiger partial charge on any atom is -0.462 e. The molecule has 0 fully saturated rings. The summed E-state index contributed by atoms with van der Waals surface area (Å²) >= 11 is 0. The standard InChI is InChI=1S/C14H14N2O5/c1-2-20-14(17)10-4-3-5-11(8-10)15-9-12-6-7-13(21-12)16(18)19/h3-8,15H,2,9H2,1H3. The Morgan fingerprint density at radius 2 is 2.19 bits per heavy atom. The van der Waals surface area contributed by atoms with E-state index in [4.69, 9.17) is 9.15 Å². The van der Waals surface area contributed by atoms with Crippen molar-refractivity contribution in [1.82, 2.24) is 0 Å². The van der Waals surface area contributed by atoms with E-state index < -0.39 is 10.9 Å². The fourth-order valence-corrected chi connectivity index (χ4v) is 1.72. The van der Waals surface area contributed by atoms with Crippen molar-refractivity contribution < 1.29 is 18.9 Å². The summed E-state index contributed by atoms with van der Waals surface area (Å²) in [4.78, 5) is 21.5. The van der Waals surface area contributed by atoms with Gasteiger partial charge in [-0.25, -0.2) is 4.79 Å². The minimum atomic E-state index is -0.592. The number of anilines is 1. The number of rotatable bonds is 6. The summed E-state index contributed by atoms with van der Waals surface area (Å²) in [5.74, 6) is -0.259. The third-order valence-electron chi connectivity index (χ3n) is 2.67. The highest BCUT2D eigenvalue weighted by molar-refractivity contribution is 5.90. The number of carbonyl (C=O) groups is 1. The molecule has 0 unspecified atom stereocenters. The van der Waals surface area contributed by atoms with Gasteiger partial charge in [-0.2, -0.15) is 0 Å². The number of esters is 1. The van der Waals surface area contributed by atoms with E-state index in [1.54, 1.807) is 31.2 Å². The van der Waals surface area contributed by atoms with Crippen LogP contribution in [-0.2, 0) is 11.3 Å². The number of furan rings is 1. The second kappa shape index (κ2) is 6.56. The molecule has 1 N–H and O–H groups in total. The lowest BCUT2D eigenvalue weighted by atomic mass is 10.2. The maximum atomic E-state index is 11.6. The van der Waals surface area contributed by atoms with E-state index in [1.807, 2.05) is 0 Å². The summed E-state index contributed by atoms with van der Waals surface area (Å²) in [6, 6.07) is 9.63. The summed E-state index contributed by atoms with van der Waals surface area (Å²) in [7, 11) is 0. The number of nitrogens with zero attached hydrogens (tertiary/aromatic N) is 1. The van der Waals surface area contributed by atoms with Gasteiger partial charge in [-0.1, -0.05) is 6.07 Å². The van der Waals surface area contributed by atoms with Crippen molar-refractivity contribution in [2.24, 2.45) is 0 Å². The van der Waals surface area contributed by atoms with Gasteiger partial charge in [0.25, 0.3) is 0 Å². The van der Waals surface area contributed by atoms with Crippen LogP contribution in [0, 0.1) is 10.1 Å². The molecule has 0 saturated heterocycles. The molecule has 0 aliphatic rings. The van der Waals surface area contributed by atoms with Crippen LogP contribution in [0.1, 0.15) is 23.0 Å². The summed E-state index contributed by atoms with van der Waals surface area (Å²) in [5, 5.41) is 13.5. The normalized spacial score (nSPS) is 10.1. The Labute approximate surface area is 120 Å². The summed E-state index contributed by atoms with van der Waals surface area (Å²) in [6.45, 7) is 2.33. The quantitative estimate of drug-likeness (QED) is 0.499. The highest BCUT2D eigenvalue weighted by Crippen LogP contribution is 2.18. The van der Waals surface area contributed by atoms with Gasteiger partial charge in [0.05, 0.1) is 24.8 Å². The zero-order chi connectivity index (χ0) is 15.2. The SMILES string of the molecule is CCOC(=O)c1cccc(NCc2ccc([N+](=O)[O-])o2)c1. The lowest BCUT2D eigenvalue weighted by Gasteiger charge is -2.06. The molecule has 110 valence electrons. The predicted octanol–water partition coefficient (Wildman–Crippen LogP) is 2.98. The van der Waals surface area contributed by atoms with E-state index in [2.05, 4.69) is 5.32 Å². The number of nitro groups is 1. The van der Waals surface area contributed by atoms with Gasteiger partial charge >= 0.3 is 11.9 Å². The Hall–Kier alpha value is -2.83. The van der Waals surface area contributed by atoms with Gasteiger partial charge in [0.15, 0.2) is 0 Å². The van der Waals surface area contributed by atoms with Gasteiger partial charge in [0, 0.05) is 5.69 Å². The second-order valence-electron chi connectivity index (χ2n) is 4.15. The van der Waals surface area contributed by atoms with Crippen molar-refractivity contribution >= 4 is 17.5 Å². The van der Waals surface area contributed by atoms with Crippen LogP contribution < -0.4 is 5.32 Å². The lowest BCUT2D eigenvalue weighted by molar-refractivity contribution is -0.402. The van der Waals surface area contributed by atoms with E-state index in [1.165, 1.54) is 12.1 Å². The van der Waals surface area contributed by atoms with E-state index in [0.717, 1.165) is 0 Å². The lowest BCUT2D eigenvalue weighted by Crippen LogP contribution is -2.05. The topological polar surface area (TPSA) is 94.6 Å². The van der Waals surface area contributed by atoms with Crippen LogP contribution in [0.25, 0.3) is 0 Å².